The maximum Gasteiger partial charge on any atom is 0.262 e. The molecular weight excluding hydrogens is 411 g/mol. The van der Waals surface area contributed by atoms with E-state index in [1.165, 1.54) is 0 Å². The molecule has 3 aromatic rings. The van der Waals surface area contributed by atoms with E-state index >= 15 is 0 Å². The molecule has 0 unspecified atom stereocenters. The Hall–Kier alpha value is -3.02. The molecule has 2 amide bonds. The summed E-state index contributed by atoms with van der Waals surface area (Å²) < 4.78 is 5.46. The fourth-order valence-electron chi connectivity index (χ4n) is 2.46. The van der Waals surface area contributed by atoms with Crippen molar-refractivity contribution in [3.8, 4) is 5.75 Å². The molecule has 0 heterocycles. The third-order valence-electron chi connectivity index (χ3n) is 4.00. The first kappa shape index (κ1) is 20.7. The Kier molecular flexibility index (Phi) is 6.75. The molecular formula is C22H18Cl2N2O3. The lowest BCUT2D eigenvalue weighted by atomic mass is 10.2. The predicted octanol–water partition coefficient (Wildman–Crippen LogP) is 5.57. The molecule has 0 aliphatic rings. The van der Waals surface area contributed by atoms with Crippen LogP contribution in [0.3, 0.4) is 0 Å². The monoisotopic (exact) mass is 428 g/mol. The summed E-state index contributed by atoms with van der Waals surface area (Å²) >= 11 is 11.8. The van der Waals surface area contributed by atoms with Crippen LogP contribution in [0.1, 0.15) is 15.9 Å². The lowest BCUT2D eigenvalue weighted by Crippen LogP contribution is -2.20. The smallest absolute Gasteiger partial charge is 0.262 e. The Morgan fingerprint density at radius 1 is 0.828 bits per heavy atom. The number of hydrogen-bond donors (Lipinski definition) is 2. The van der Waals surface area contributed by atoms with Gasteiger partial charge in [0.05, 0.1) is 10.0 Å². The fraction of sp³-hybridized carbons (Fsp3) is 0.0909. The van der Waals surface area contributed by atoms with Crippen molar-refractivity contribution in [2.75, 3.05) is 17.2 Å². The minimum Gasteiger partial charge on any atom is -0.484 e. The van der Waals surface area contributed by atoms with Gasteiger partial charge in [-0.25, -0.2) is 0 Å². The molecule has 0 bridgehead atoms. The van der Waals surface area contributed by atoms with E-state index in [0.717, 1.165) is 11.3 Å². The van der Waals surface area contributed by atoms with E-state index in [2.05, 4.69) is 10.6 Å². The largest absolute Gasteiger partial charge is 0.484 e. The van der Waals surface area contributed by atoms with Crippen LogP contribution in [0.25, 0.3) is 0 Å². The van der Waals surface area contributed by atoms with Gasteiger partial charge in [0.2, 0.25) is 0 Å². The van der Waals surface area contributed by atoms with E-state index in [0.29, 0.717) is 27.0 Å². The van der Waals surface area contributed by atoms with Gasteiger partial charge in [-0.1, -0.05) is 40.9 Å². The minimum atomic E-state index is -0.343. The Balaban J connectivity index is 1.51. The quantitative estimate of drug-likeness (QED) is 0.538. The molecule has 0 saturated carbocycles. The zero-order valence-electron chi connectivity index (χ0n) is 15.5. The first-order chi connectivity index (χ1) is 13.9. The Labute approximate surface area is 178 Å². The van der Waals surface area contributed by atoms with Gasteiger partial charge in [-0.3, -0.25) is 9.59 Å². The Morgan fingerprint density at radius 2 is 1.48 bits per heavy atom. The van der Waals surface area contributed by atoms with Gasteiger partial charge < -0.3 is 15.4 Å². The Morgan fingerprint density at radius 3 is 2.14 bits per heavy atom. The number of aryl methyl sites for hydroxylation is 1. The Bertz CT molecular complexity index is 1020. The molecule has 0 fully saturated rings. The highest BCUT2D eigenvalue weighted by molar-refractivity contribution is 6.42. The van der Waals surface area contributed by atoms with E-state index in [-0.39, 0.29) is 18.4 Å². The van der Waals surface area contributed by atoms with Crippen molar-refractivity contribution in [1.29, 1.82) is 0 Å². The van der Waals surface area contributed by atoms with E-state index in [4.69, 9.17) is 27.9 Å². The van der Waals surface area contributed by atoms with Gasteiger partial charge in [-0.2, -0.15) is 0 Å². The molecule has 0 radical (unpaired) electrons. The standard InChI is InChI=1S/C22H18Cl2N2O3/c1-14-2-6-16(7-3-14)26-22(28)15-4-9-18(10-5-15)29-13-21(27)25-17-8-11-19(23)20(24)12-17/h2-12H,13H2,1H3,(H,25,27)(H,26,28). The number of anilines is 2. The van der Waals surface area contributed by atoms with Gasteiger partial charge >= 0.3 is 0 Å². The summed E-state index contributed by atoms with van der Waals surface area (Å²) in [5, 5.41) is 6.26. The molecule has 0 aliphatic carbocycles. The molecule has 0 atom stereocenters. The van der Waals surface area contributed by atoms with Crippen LogP contribution in [0.5, 0.6) is 5.75 Å². The number of rotatable bonds is 6. The number of nitrogens with one attached hydrogen (secondary N) is 2. The van der Waals surface area contributed by atoms with Crippen LogP contribution in [0, 0.1) is 6.92 Å². The van der Waals surface area contributed by atoms with Crippen LogP contribution in [0.4, 0.5) is 11.4 Å². The summed E-state index contributed by atoms with van der Waals surface area (Å²) in [6, 6.07) is 18.9. The predicted molar refractivity (Wildman–Crippen MR) is 116 cm³/mol. The average Bonchev–Trinajstić information content (AvgIpc) is 2.71. The number of carbonyl (C=O) groups excluding carboxylic acids is 2. The summed E-state index contributed by atoms with van der Waals surface area (Å²) in [5.74, 6) is -0.0940. The molecule has 0 spiro atoms. The summed E-state index contributed by atoms with van der Waals surface area (Å²) in [6.07, 6.45) is 0. The fourth-order valence-corrected chi connectivity index (χ4v) is 2.76. The van der Waals surface area contributed by atoms with Crippen LogP contribution in [0.2, 0.25) is 10.0 Å². The summed E-state index contributed by atoms with van der Waals surface area (Å²) in [6.45, 7) is 1.80. The van der Waals surface area contributed by atoms with Crippen molar-refractivity contribution in [2.45, 2.75) is 6.92 Å². The number of halogens is 2. The maximum absolute atomic E-state index is 12.3. The molecule has 0 aromatic heterocycles. The summed E-state index contributed by atoms with van der Waals surface area (Å²) in [5.41, 5.74) is 2.85. The third kappa shape index (κ3) is 5.98. The normalized spacial score (nSPS) is 10.3. The lowest BCUT2D eigenvalue weighted by Gasteiger charge is -2.09. The maximum atomic E-state index is 12.3. The second kappa shape index (κ2) is 9.45. The second-order valence-electron chi connectivity index (χ2n) is 6.31. The molecule has 2 N–H and O–H groups in total. The SMILES string of the molecule is Cc1ccc(NC(=O)c2ccc(OCC(=O)Nc3ccc(Cl)c(Cl)c3)cc2)cc1. The second-order valence-corrected chi connectivity index (χ2v) is 7.12. The molecule has 148 valence electrons. The van der Waals surface area contributed by atoms with Crippen LogP contribution < -0.4 is 15.4 Å². The molecule has 3 aromatic carbocycles. The van der Waals surface area contributed by atoms with E-state index in [1.807, 2.05) is 31.2 Å². The van der Waals surface area contributed by atoms with E-state index in [9.17, 15) is 9.59 Å². The van der Waals surface area contributed by atoms with Crippen molar-refractivity contribution in [3.05, 3.63) is 87.9 Å². The first-order valence-electron chi connectivity index (χ1n) is 8.76. The number of hydrogen-bond acceptors (Lipinski definition) is 3. The highest BCUT2D eigenvalue weighted by Crippen LogP contribution is 2.25. The molecule has 5 nitrogen and oxygen atoms in total. The molecule has 7 heteroatoms. The highest BCUT2D eigenvalue weighted by atomic mass is 35.5. The van der Waals surface area contributed by atoms with Crippen molar-refractivity contribution in [2.24, 2.45) is 0 Å². The minimum absolute atomic E-state index is 0.185. The molecule has 3 rings (SSSR count). The van der Waals surface area contributed by atoms with E-state index in [1.54, 1.807) is 42.5 Å². The third-order valence-corrected chi connectivity index (χ3v) is 4.74. The first-order valence-corrected chi connectivity index (χ1v) is 9.52. The number of amides is 2. The molecule has 0 saturated heterocycles. The summed E-state index contributed by atoms with van der Waals surface area (Å²) in [7, 11) is 0. The van der Waals surface area contributed by atoms with E-state index < -0.39 is 0 Å². The van der Waals surface area contributed by atoms with Crippen molar-refractivity contribution < 1.29 is 14.3 Å². The van der Waals surface area contributed by atoms with Crippen molar-refractivity contribution in [1.82, 2.24) is 0 Å². The molecule has 29 heavy (non-hydrogen) atoms. The average molecular weight is 429 g/mol. The zero-order valence-corrected chi connectivity index (χ0v) is 17.1. The lowest BCUT2D eigenvalue weighted by molar-refractivity contribution is -0.118. The van der Waals surface area contributed by atoms with Gasteiger partial charge in [0, 0.05) is 16.9 Å². The zero-order chi connectivity index (χ0) is 20.8. The van der Waals surface area contributed by atoms with Gasteiger partial charge in [0.1, 0.15) is 5.75 Å². The topological polar surface area (TPSA) is 67.4 Å². The van der Waals surface area contributed by atoms with Crippen molar-refractivity contribution in [3.63, 3.8) is 0 Å². The van der Waals surface area contributed by atoms with Gasteiger partial charge in [-0.05, 0) is 61.5 Å². The summed E-state index contributed by atoms with van der Waals surface area (Å²) in [4.78, 5) is 24.3. The highest BCUT2D eigenvalue weighted by Gasteiger charge is 2.08. The van der Waals surface area contributed by atoms with Crippen LogP contribution in [-0.2, 0) is 4.79 Å². The van der Waals surface area contributed by atoms with Crippen molar-refractivity contribution >= 4 is 46.4 Å². The van der Waals surface area contributed by atoms with Gasteiger partial charge in [0.25, 0.3) is 11.8 Å². The number of ether oxygens (including phenoxy) is 1. The van der Waals surface area contributed by atoms with Crippen LogP contribution >= 0.6 is 23.2 Å². The van der Waals surface area contributed by atoms with Crippen LogP contribution in [0.15, 0.2) is 66.7 Å². The van der Waals surface area contributed by atoms with Gasteiger partial charge in [0.15, 0.2) is 6.61 Å². The number of benzene rings is 3. The van der Waals surface area contributed by atoms with Crippen LogP contribution in [-0.4, -0.2) is 18.4 Å². The van der Waals surface area contributed by atoms with Gasteiger partial charge in [-0.15, -0.1) is 0 Å². The number of carbonyl (C=O) groups is 2. The molecule has 0 aliphatic heterocycles.